The molecule has 0 radical (unpaired) electrons. The van der Waals surface area contributed by atoms with Crippen LogP contribution in [0.1, 0.15) is 26.7 Å². The second kappa shape index (κ2) is 8.14. The van der Waals surface area contributed by atoms with Crippen LogP contribution in [0.4, 0.5) is 11.6 Å². The molecule has 1 aromatic carbocycles. The Hall–Kier alpha value is -2.41. The number of aromatic nitrogens is 2. The van der Waals surface area contributed by atoms with E-state index in [4.69, 9.17) is 19.4 Å². The number of para-hydroxylation sites is 2. The molecule has 2 aliphatic heterocycles. The molecule has 2 aliphatic rings. The first-order valence-corrected chi connectivity index (χ1v) is 10.4. The molecular weight excluding hydrogens is 368 g/mol. The average molecular weight is 399 g/mol. The first-order valence-electron chi connectivity index (χ1n) is 10.4. The second-order valence-electron chi connectivity index (χ2n) is 8.46. The van der Waals surface area contributed by atoms with Crippen molar-refractivity contribution in [2.24, 2.45) is 11.3 Å². The molecule has 7 nitrogen and oxygen atoms in total. The molecule has 3 heterocycles. The SMILES string of the molecule is COC(=O)C(C)(C)C1CCCN(c2nc3ccccc3nc2N2CCOCC2)C1. The standard InChI is InChI=1S/C22H30N4O3/c1-22(2,21(27)28-3)16-7-6-10-26(15-16)20-19(25-11-13-29-14-12-25)23-17-8-4-5-9-18(17)24-20/h4-5,8-9,16H,6-7,10-15H2,1-3H3. The number of benzene rings is 1. The van der Waals surface area contributed by atoms with E-state index in [1.54, 1.807) is 0 Å². The summed E-state index contributed by atoms with van der Waals surface area (Å²) in [5.74, 6) is 1.89. The normalized spacial score (nSPS) is 20.7. The Morgan fingerprint density at radius 3 is 2.31 bits per heavy atom. The molecule has 0 bridgehead atoms. The van der Waals surface area contributed by atoms with Crippen molar-refractivity contribution in [3.8, 4) is 0 Å². The Kier molecular flexibility index (Phi) is 5.58. The molecule has 0 spiro atoms. The van der Waals surface area contributed by atoms with Crippen LogP contribution >= 0.6 is 0 Å². The summed E-state index contributed by atoms with van der Waals surface area (Å²) in [7, 11) is 1.47. The fraction of sp³-hybridized carbons (Fsp3) is 0.591. The molecule has 0 aliphatic carbocycles. The Balaban J connectivity index is 1.70. The Bertz CT molecular complexity index is 879. The summed E-state index contributed by atoms with van der Waals surface area (Å²) >= 11 is 0. The van der Waals surface area contributed by atoms with Crippen LogP contribution in [0.15, 0.2) is 24.3 Å². The number of anilines is 2. The van der Waals surface area contributed by atoms with Crippen LogP contribution in [0.25, 0.3) is 11.0 Å². The molecule has 7 heteroatoms. The second-order valence-corrected chi connectivity index (χ2v) is 8.46. The first kappa shape index (κ1) is 19.9. The van der Waals surface area contributed by atoms with Crippen LogP contribution in [0.2, 0.25) is 0 Å². The number of esters is 1. The van der Waals surface area contributed by atoms with Gasteiger partial charge in [0.2, 0.25) is 0 Å². The largest absolute Gasteiger partial charge is 0.469 e. The lowest BCUT2D eigenvalue weighted by atomic mass is 9.74. The third kappa shape index (κ3) is 3.88. The van der Waals surface area contributed by atoms with Crippen LogP contribution < -0.4 is 9.80 Å². The molecule has 1 aromatic heterocycles. The predicted molar refractivity (Wildman–Crippen MR) is 113 cm³/mol. The van der Waals surface area contributed by atoms with Crippen LogP contribution in [-0.2, 0) is 14.3 Å². The van der Waals surface area contributed by atoms with Crippen molar-refractivity contribution in [3.63, 3.8) is 0 Å². The van der Waals surface area contributed by atoms with E-state index in [1.807, 2.05) is 38.1 Å². The number of nitrogens with zero attached hydrogens (tertiary/aromatic N) is 4. The van der Waals surface area contributed by atoms with E-state index in [-0.39, 0.29) is 11.9 Å². The highest BCUT2D eigenvalue weighted by molar-refractivity contribution is 5.81. The summed E-state index contributed by atoms with van der Waals surface area (Å²) in [5, 5.41) is 0. The van der Waals surface area contributed by atoms with Crippen LogP contribution in [0.5, 0.6) is 0 Å². The minimum atomic E-state index is -0.531. The summed E-state index contributed by atoms with van der Waals surface area (Å²) < 4.78 is 10.6. The monoisotopic (exact) mass is 398 g/mol. The van der Waals surface area contributed by atoms with Gasteiger partial charge in [0.1, 0.15) is 0 Å². The maximum Gasteiger partial charge on any atom is 0.311 e. The molecule has 4 rings (SSSR count). The van der Waals surface area contributed by atoms with Crippen molar-refractivity contribution in [2.45, 2.75) is 26.7 Å². The number of morpholine rings is 1. The van der Waals surface area contributed by atoms with E-state index in [2.05, 4.69) is 9.80 Å². The molecule has 2 saturated heterocycles. The van der Waals surface area contributed by atoms with Gasteiger partial charge in [-0.1, -0.05) is 12.1 Å². The van der Waals surface area contributed by atoms with Crippen molar-refractivity contribution in [3.05, 3.63) is 24.3 Å². The lowest BCUT2D eigenvalue weighted by Gasteiger charge is -2.41. The van der Waals surface area contributed by atoms with Gasteiger partial charge in [0.05, 0.1) is 36.8 Å². The zero-order chi connectivity index (χ0) is 20.4. The quantitative estimate of drug-likeness (QED) is 0.734. The predicted octanol–water partition coefficient (Wildman–Crippen LogP) is 2.88. The van der Waals surface area contributed by atoms with Gasteiger partial charge >= 0.3 is 5.97 Å². The molecular formula is C22H30N4O3. The molecule has 0 N–H and O–H groups in total. The minimum Gasteiger partial charge on any atom is -0.469 e. The van der Waals surface area contributed by atoms with Crippen molar-refractivity contribution in [1.29, 1.82) is 0 Å². The van der Waals surface area contributed by atoms with Gasteiger partial charge in [0.25, 0.3) is 0 Å². The number of rotatable bonds is 4. The number of carbonyl (C=O) groups is 1. The smallest absolute Gasteiger partial charge is 0.311 e. The maximum atomic E-state index is 12.4. The van der Waals surface area contributed by atoms with E-state index >= 15 is 0 Å². The maximum absolute atomic E-state index is 12.4. The lowest BCUT2D eigenvalue weighted by Crippen LogP contribution is -2.46. The third-order valence-corrected chi connectivity index (χ3v) is 6.30. The summed E-state index contributed by atoms with van der Waals surface area (Å²) in [6.07, 6.45) is 2.02. The molecule has 0 amide bonds. The van der Waals surface area contributed by atoms with Gasteiger partial charge in [-0.25, -0.2) is 9.97 Å². The third-order valence-electron chi connectivity index (χ3n) is 6.30. The van der Waals surface area contributed by atoms with Gasteiger partial charge in [-0.3, -0.25) is 4.79 Å². The van der Waals surface area contributed by atoms with Gasteiger partial charge in [0.15, 0.2) is 11.6 Å². The number of ether oxygens (including phenoxy) is 2. The first-order chi connectivity index (χ1) is 14.0. The van der Waals surface area contributed by atoms with Crippen molar-refractivity contribution < 1.29 is 14.3 Å². The Morgan fingerprint density at radius 1 is 1.07 bits per heavy atom. The number of fused-ring (bicyclic) bond motifs is 1. The Labute approximate surface area is 172 Å². The molecule has 29 heavy (non-hydrogen) atoms. The van der Waals surface area contributed by atoms with Gasteiger partial charge in [-0.15, -0.1) is 0 Å². The molecule has 0 saturated carbocycles. The zero-order valence-corrected chi connectivity index (χ0v) is 17.6. The van der Waals surface area contributed by atoms with Crippen molar-refractivity contribution >= 4 is 28.6 Å². The van der Waals surface area contributed by atoms with E-state index in [0.717, 1.165) is 61.7 Å². The van der Waals surface area contributed by atoms with Crippen LogP contribution in [0, 0.1) is 11.3 Å². The van der Waals surface area contributed by atoms with Crippen LogP contribution in [-0.4, -0.2) is 62.4 Å². The number of carbonyl (C=O) groups excluding carboxylic acids is 1. The van der Waals surface area contributed by atoms with Crippen LogP contribution in [0.3, 0.4) is 0 Å². The molecule has 1 atom stereocenters. The van der Waals surface area contributed by atoms with Crippen molar-refractivity contribution in [1.82, 2.24) is 9.97 Å². The van der Waals surface area contributed by atoms with Gasteiger partial charge in [-0.2, -0.15) is 0 Å². The topological polar surface area (TPSA) is 67.8 Å². The Morgan fingerprint density at radius 2 is 1.69 bits per heavy atom. The van der Waals surface area contributed by atoms with Gasteiger partial charge in [-0.05, 0) is 44.7 Å². The minimum absolute atomic E-state index is 0.151. The number of hydrogen-bond acceptors (Lipinski definition) is 7. The summed E-state index contributed by atoms with van der Waals surface area (Å²) in [6, 6.07) is 8.01. The van der Waals surface area contributed by atoms with E-state index in [0.29, 0.717) is 13.2 Å². The molecule has 1 unspecified atom stereocenters. The highest BCUT2D eigenvalue weighted by Crippen LogP contribution is 2.38. The number of piperidine rings is 1. The van der Waals surface area contributed by atoms with E-state index < -0.39 is 5.41 Å². The lowest BCUT2D eigenvalue weighted by molar-refractivity contribution is -0.154. The molecule has 156 valence electrons. The van der Waals surface area contributed by atoms with Gasteiger partial charge < -0.3 is 19.3 Å². The molecule has 2 fully saturated rings. The summed E-state index contributed by atoms with van der Waals surface area (Å²) in [6.45, 7) is 8.68. The highest BCUT2D eigenvalue weighted by atomic mass is 16.5. The number of methoxy groups -OCH3 is 1. The fourth-order valence-corrected chi connectivity index (χ4v) is 4.37. The van der Waals surface area contributed by atoms with Gasteiger partial charge in [0, 0.05) is 26.2 Å². The zero-order valence-electron chi connectivity index (χ0n) is 17.6. The summed E-state index contributed by atoms with van der Waals surface area (Å²) in [5.41, 5.74) is 1.27. The highest BCUT2D eigenvalue weighted by Gasteiger charge is 2.41. The number of hydrogen-bond donors (Lipinski definition) is 0. The summed E-state index contributed by atoms with van der Waals surface area (Å²) in [4.78, 5) is 27.0. The molecule has 2 aromatic rings. The average Bonchev–Trinajstić information content (AvgIpc) is 2.78. The fourth-order valence-electron chi connectivity index (χ4n) is 4.37. The van der Waals surface area contributed by atoms with E-state index in [9.17, 15) is 4.79 Å². The van der Waals surface area contributed by atoms with Crippen molar-refractivity contribution in [2.75, 3.05) is 56.3 Å². The van der Waals surface area contributed by atoms with E-state index in [1.165, 1.54) is 7.11 Å².